The summed E-state index contributed by atoms with van der Waals surface area (Å²) in [6.07, 6.45) is 4.42. The Kier molecular flexibility index (Phi) is 8.41. The number of rotatable bonds is 9. The van der Waals surface area contributed by atoms with Gasteiger partial charge in [0.1, 0.15) is 11.5 Å². The van der Waals surface area contributed by atoms with Gasteiger partial charge in [0.25, 0.3) is 0 Å². The number of benzene rings is 2. The van der Waals surface area contributed by atoms with Gasteiger partial charge < -0.3 is 9.47 Å². The first-order valence-corrected chi connectivity index (χ1v) is 11.6. The second-order valence-electron chi connectivity index (χ2n) is 10.4. The lowest BCUT2D eigenvalue weighted by Crippen LogP contribution is -2.13. The van der Waals surface area contributed by atoms with Crippen LogP contribution in [0.4, 0.5) is 0 Å². The van der Waals surface area contributed by atoms with Gasteiger partial charge >= 0.3 is 0 Å². The Morgan fingerprint density at radius 2 is 0.933 bits per heavy atom. The average Bonchev–Trinajstić information content (AvgIpc) is 2.66. The molecule has 0 heterocycles. The molecule has 30 heavy (non-hydrogen) atoms. The van der Waals surface area contributed by atoms with E-state index in [2.05, 4.69) is 91.8 Å². The summed E-state index contributed by atoms with van der Waals surface area (Å²) in [4.78, 5) is 0. The summed E-state index contributed by atoms with van der Waals surface area (Å²) in [6.45, 7) is 19.4. The zero-order valence-corrected chi connectivity index (χ0v) is 20.5. The molecule has 0 spiro atoms. The summed E-state index contributed by atoms with van der Waals surface area (Å²) in [5, 5.41) is 0. The highest BCUT2D eigenvalue weighted by Crippen LogP contribution is 2.36. The predicted molar refractivity (Wildman–Crippen MR) is 130 cm³/mol. The highest BCUT2D eigenvalue weighted by Gasteiger charge is 2.19. The van der Waals surface area contributed by atoms with Crippen LogP contribution in [0, 0.1) is 0 Å². The van der Waals surface area contributed by atoms with Crippen molar-refractivity contribution in [3.05, 3.63) is 47.5 Å². The van der Waals surface area contributed by atoms with Gasteiger partial charge in [-0.05, 0) is 70.2 Å². The minimum Gasteiger partial charge on any atom is -0.494 e. The van der Waals surface area contributed by atoms with E-state index in [1.54, 1.807) is 0 Å². The Balaban J connectivity index is 2.53. The van der Waals surface area contributed by atoms with Crippen LogP contribution in [-0.4, -0.2) is 13.2 Å². The topological polar surface area (TPSA) is 18.5 Å². The second kappa shape index (κ2) is 10.4. The number of hydrogen-bond acceptors (Lipinski definition) is 2. The molecule has 0 amide bonds. The molecule has 166 valence electrons. The second-order valence-corrected chi connectivity index (χ2v) is 10.4. The first kappa shape index (κ1) is 24.3. The lowest BCUT2D eigenvalue weighted by atomic mass is 9.83. The van der Waals surface area contributed by atoms with Crippen LogP contribution in [-0.2, 0) is 10.8 Å². The smallest absolute Gasteiger partial charge is 0.120 e. The van der Waals surface area contributed by atoms with Crippen molar-refractivity contribution in [2.24, 2.45) is 0 Å². The van der Waals surface area contributed by atoms with Gasteiger partial charge in [0, 0.05) is 0 Å². The van der Waals surface area contributed by atoms with Crippen molar-refractivity contribution in [1.82, 2.24) is 0 Å². The lowest BCUT2D eigenvalue weighted by molar-refractivity contribution is 0.308. The van der Waals surface area contributed by atoms with Gasteiger partial charge in [0.05, 0.1) is 13.2 Å². The highest BCUT2D eigenvalue weighted by molar-refractivity contribution is 5.69. The molecule has 0 bridgehead atoms. The summed E-state index contributed by atoms with van der Waals surface area (Å²) in [5.41, 5.74) is 5.09. The maximum atomic E-state index is 6.12. The van der Waals surface area contributed by atoms with Crippen LogP contribution in [0.1, 0.15) is 92.2 Å². The molecule has 2 nitrogen and oxygen atoms in total. The molecular formula is C28H42O2. The highest BCUT2D eigenvalue weighted by atomic mass is 16.5. The molecule has 0 aliphatic heterocycles. The summed E-state index contributed by atoms with van der Waals surface area (Å²) in [6, 6.07) is 13.4. The predicted octanol–water partition coefficient (Wildman–Crippen LogP) is 8.31. The van der Waals surface area contributed by atoms with E-state index in [0.29, 0.717) is 0 Å². The Bertz CT molecular complexity index is 737. The van der Waals surface area contributed by atoms with Crippen molar-refractivity contribution in [3.63, 3.8) is 0 Å². The molecule has 0 radical (unpaired) electrons. The molecule has 0 saturated carbocycles. The first-order chi connectivity index (χ1) is 14.0. The zero-order valence-electron chi connectivity index (χ0n) is 20.5. The minimum atomic E-state index is 0.0565. The molecule has 0 N–H and O–H groups in total. The third-order valence-corrected chi connectivity index (χ3v) is 5.41. The number of ether oxygens (including phenoxy) is 2. The fraction of sp³-hybridized carbons (Fsp3) is 0.571. The van der Waals surface area contributed by atoms with Crippen LogP contribution in [0.3, 0.4) is 0 Å². The van der Waals surface area contributed by atoms with Crippen molar-refractivity contribution >= 4 is 0 Å². The summed E-state index contributed by atoms with van der Waals surface area (Å²) in [7, 11) is 0. The van der Waals surface area contributed by atoms with E-state index < -0.39 is 0 Å². The third-order valence-electron chi connectivity index (χ3n) is 5.41. The van der Waals surface area contributed by atoms with E-state index in [-0.39, 0.29) is 10.8 Å². The van der Waals surface area contributed by atoms with Gasteiger partial charge in [-0.25, -0.2) is 0 Å². The Morgan fingerprint density at radius 3 is 1.23 bits per heavy atom. The number of hydrogen-bond donors (Lipinski definition) is 0. The van der Waals surface area contributed by atoms with Crippen LogP contribution >= 0.6 is 0 Å². The molecule has 0 fully saturated rings. The van der Waals surface area contributed by atoms with Crippen molar-refractivity contribution in [2.75, 3.05) is 13.2 Å². The van der Waals surface area contributed by atoms with Crippen LogP contribution in [0.2, 0.25) is 0 Å². The Labute approximate surface area is 185 Å². The van der Waals surface area contributed by atoms with Crippen LogP contribution < -0.4 is 9.47 Å². The SMILES string of the molecule is CCCCOc1cc(-c2cc(OCCCC)cc(C(C)(C)C)c2)cc(C(C)(C)C)c1. The normalized spacial score (nSPS) is 12.1. The minimum absolute atomic E-state index is 0.0565. The molecule has 0 saturated heterocycles. The standard InChI is InChI=1S/C28H42O2/c1-9-11-13-29-25-17-21(15-23(19-25)27(3,4)5)22-16-24(28(6,7)8)20-26(18-22)30-14-12-10-2/h15-20H,9-14H2,1-8H3. The molecule has 0 aliphatic carbocycles. The van der Waals surface area contributed by atoms with Crippen LogP contribution in [0.5, 0.6) is 11.5 Å². The van der Waals surface area contributed by atoms with E-state index >= 15 is 0 Å². The molecule has 2 aromatic rings. The number of unbranched alkanes of at least 4 members (excludes halogenated alkanes) is 2. The molecular weight excluding hydrogens is 368 g/mol. The molecule has 0 atom stereocenters. The van der Waals surface area contributed by atoms with Crippen molar-refractivity contribution < 1.29 is 9.47 Å². The Hall–Kier alpha value is -1.96. The zero-order chi connectivity index (χ0) is 22.4. The Morgan fingerprint density at radius 1 is 0.567 bits per heavy atom. The van der Waals surface area contributed by atoms with Crippen LogP contribution in [0.15, 0.2) is 36.4 Å². The summed E-state index contributed by atoms with van der Waals surface area (Å²) >= 11 is 0. The molecule has 2 rings (SSSR count). The maximum absolute atomic E-state index is 6.12. The summed E-state index contributed by atoms with van der Waals surface area (Å²) < 4.78 is 12.2. The largest absolute Gasteiger partial charge is 0.494 e. The van der Waals surface area contributed by atoms with Gasteiger partial charge in [-0.3, -0.25) is 0 Å². The first-order valence-electron chi connectivity index (χ1n) is 11.6. The third kappa shape index (κ3) is 7.07. The molecule has 2 aromatic carbocycles. The lowest BCUT2D eigenvalue weighted by Gasteiger charge is -2.24. The van der Waals surface area contributed by atoms with E-state index in [4.69, 9.17) is 9.47 Å². The van der Waals surface area contributed by atoms with Gasteiger partial charge in [-0.1, -0.05) is 80.4 Å². The van der Waals surface area contributed by atoms with E-state index in [1.807, 2.05) is 0 Å². The van der Waals surface area contributed by atoms with E-state index in [1.165, 1.54) is 22.3 Å². The monoisotopic (exact) mass is 410 g/mol. The molecule has 0 unspecified atom stereocenters. The molecule has 2 heteroatoms. The fourth-order valence-electron chi connectivity index (χ4n) is 3.23. The fourth-order valence-corrected chi connectivity index (χ4v) is 3.23. The van der Waals surface area contributed by atoms with Crippen LogP contribution in [0.25, 0.3) is 11.1 Å². The maximum Gasteiger partial charge on any atom is 0.120 e. The van der Waals surface area contributed by atoms with Crippen molar-refractivity contribution in [1.29, 1.82) is 0 Å². The van der Waals surface area contributed by atoms with Gasteiger partial charge in [-0.2, -0.15) is 0 Å². The van der Waals surface area contributed by atoms with Gasteiger partial charge in [0.2, 0.25) is 0 Å². The van der Waals surface area contributed by atoms with Crippen molar-refractivity contribution in [3.8, 4) is 22.6 Å². The van der Waals surface area contributed by atoms with Crippen molar-refractivity contribution in [2.45, 2.75) is 91.9 Å². The molecule has 0 aromatic heterocycles. The van der Waals surface area contributed by atoms with Gasteiger partial charge in [0.15, 0.2) is 0 Å². The summed E-state index contributed by atoms with van der Waals surface area (Å²) in [5.74, 6) is 1.92. The quantitative estimate of drug-likeness (QED) is 0.387. The average molecular weight is 411 g/mol. The van der Waals surface area contributed by atoms with Gasteiger partial charge in [-0.15, -0.1) is 0 Å². The molecule has 0 aliphatic rings. The van der Waals surface area contributed by atoms with E-state index in [9.17, 15) is 0 Å². The van der Waals surface area contributed by atoms with E-state index in [0.717, 1.165) is 50.4 Å².